The van der Waals surface area contributed by atoms with Gasteiger partial charge in [0.2, 0.25) is 0 Å². The van der Waals surface area contributed by atoms with E-state index in [1.54, 1.807) is 6.07 Å². The van der Waals surface area contributed by atoms with E-state index in [0.29, 0.717) is 84.1 Å². The molecule has 4 aromatic heterocycles. The van der Waals surface area contributed by atoms with E-state index in [2.05, 4.69) is 90.8 Å². The van der Waals surface area contributed by atoms with Gasteiger partial charge >= 0.3 is 0 Å². The number of pyridine rings is 1. The Morgan fingerprint density at radius 2 is 1.08 bits per heavy atom. The van der Waals surface area contributed by atoms with E-state index in [1.807, 2.05) is 155 Å². The van der Waals surface area contributed by atoms with Crippen molar-refractivity contribution in [2.24, 2.45) is 0 Å². The third-order valence-corrected chi connectivity index (χ3v) is 16.6. The number of aromatic nitrogens is 5. The minimum atomic E-state index is -2.76. The molecule has 0 saturated heterocycles. The highest BCUT2D eigenvalue weighted by Crippen LogP contribution is 2.50. The van der Waals surface area contributed by atoms with Crippen molar-refractivity contribution in [1.29, 1.82) is 0 Å². The SMILES string of the molecule is [2H]c1c([2H])c([2H])c(-c2cccc3c2-c2cccc(-n4c5ccccc5c5ccccc54)c2-[n+]2[c-]n(-c4cccc(Oc5ccc6c7ccccc7n(-c7cc(C(C)(C)C)ccn7)c6c5)c4)c4cc(-c5c(C([2H])([2H])[2H])cccc5C([2H])([2H])[2H])cc(c42)-c2ccccc2-3)c([2H])c1[2H]. The molecule has 1 aliphatic heterocycles. The van der Waals surface area contributed by atoms with Gasteiger partial charge in [-0.1, -0.05) is 191 Å². The molecule has 0 unspecified atom stereocenters. The maximum Gasteiger partial charge on any atom is 0.269 e. The minimum absolute atomic E-state index is 0.0107. The minimum Gasteiger partial charge on any atom is -0.458 e. The average Bonchev–Trinajstić information content (AvgIpc) is 1.62. The number of nitrogens with zero attached hydrogens (tertiary/aromatic N) is 5. The molecule has 0 fully saturated rings. The zero-order chi connectivity index (χ0) is 65.7. The number of hydrogen-bond donors (Lipinski definition) is 0. The first-order valence-corrected chi connectivity index (χ1v) is 28.0. The second-order valence-electron chi connectivity index (χ2n) is 22.5. The predicted molar refractivity (Wildman–Crippen MR) is 346 cm³/mol. The Morgan fingerprint density at radius 3 is 1.81 bits per heavy atom. The normalized spacial score (nSPS) is 14.3. The van der Waals surface area contributed by atoms with Crippen LogP contribution in [0.2, 0.25) is 0 Å². The lowest BCUT2D eigenvalue weighted by Crippen LogP contribution is -2.33. The van der Waals surface area contributed by atoms with E-state index in [4.69, 9.17) is 22.1 Å². The Labute approximate surface area is 503 Å². The van der Waals surface area contributed by atoms with Crippen molar-refractivity contribution in [2.75, 3.05) is 0 Å². The lowest BCUT2D eigenvalue weighted by molar-refractivity contribution is -0.571. The number of hydrogen-bond acceptors (Lipinski definition) is 2. The number of ether oxygens (including phenoxy) is 1. The fraction of sp³-hybridized carbons (Fsp3) is 0.0769. The summed E-state index contributed by atoms with van der Waals surface area (Å²) in [7, 11) is 0. The van der Waals surface area contributed by atoms with Crippen LogP contribution in [0.1, 0.15) is 52.5 Å². The molecule has 0 N–H and O–H groups in total. The monoisotopic (exact) mass is 1090 g/mol. The van der Waals surface area contributed by atoms with Gasteiger partial charge in [-0.2, -0.15) is 0 Å². The lowest BCUT2D eigenvalue weighted by atomic mass is 9.84. The van der Waals surface area contributed by atoms with Crippen LogP contribution >= 0.6 is 0 Å². The first-order chi connectivity index (χ1) is 45.6. The van der Waals surface area contributed by atoms with Crippen molar-refractivity contribution in [1.82, 2.24) is 18.7 Å². The van der Waals surface area contributed by atoms with E-state index < -0.39 is 31.8 Å². The summed E-state index contributed by atoms with van der Waals surface area (Å²) in [6.07, 6.45) is 5.73. The Morgan fingerprint density at radius 1 is 0.476 bits per heavy atom. The van der Waals surface area contributed by atoms with Gasteiger partial charge in [0.1, 0.15) is 17.3 Å². The second-order valence-corrected chi connectivity index (χ2v) is 22.5. The molecule has 0 radical (unpaired) electrons. The Kier molecular flexibility index (Phi) is 8.82. The van der Waals surface area contributed by atoms with Crippen molar-refractivity contribution < 1.29 is 24.4 Å². The summed E-state index contributed by atoms with van der Waals surface area (Å²) in [4.78, 5) is 4.91. The van der Waals surface area contributed by atoms with E-state index in [1.165, 1.54) is 18.2 Å². The molecule has 84 heavy (non-hydrogen) atoms. The van der Waals surface area contributed by atoms with Crippen molar-refractivity contribution >= 4 is 54.6 Å². The maximum absolute atomic E-state index is 9.55. The molecule has 0 spiro atoms. The lowest BCUT2D eigenvalue weighted by Gasteiger charge is -2.22. The van der Waals surface area contributed by atoms with Gasteiger partial charge in [-0.15, -0.1) is 0 Å². The van der Waals surface area contributed by atoms with Crippen LogP contribution in [-0.4, -0.2) is 18.7 Å². The number of imidazole rings is 1. The zero-order valence-electron chi connectivity index (χ0n) is 57.0. The van der Waals surface area contributed by atoms with Crippen LogP contribution in [0.15, 0.2) is 255 Å². The number of para-hydroxylation sites is 4. The van der Waals surface area contributed by atoms with E-state index in [9.17, 15) is 2.74 Å². The molecule has 0 atom stereocenters. The average molecular weight is 1090 g/mol. The van der Waals surface area contributed by atoms with Gasteiger partial charge in [0.25, 0.3) is 6.33 Å². The van der Waals surface area contributed by atoms with Crippen molar-refractivity contribution in [3.8, 4) is 90.0 Å². The number of rotatable bonds is 7. The van der Waals surface area contributed by atoms with Gasteiger partial charge in [-0.3, -0.25) is 13.7 Å². The van der Waals surface area contributed by atoms with Crippen molar-refractivity contribution in [3.05, 3.63) is 278 Å². The molecule has 6 heteroatoms. The molecule has 11 aromatic carbocycles. The highest BCUT2D eigenvalue weighted by Gasteiger charge is 2.30. The topological polar surface area (TPSA) is 40.8 Å². The first-order valence-electron chi connectivity index (χ1n) is 33.5. The Bertz CT molecular complexity index is 5640. The Balaban J connectivity index is 1.02. The largest absolute Gasteiger partial charge is 0.458 e. The molecular weight excluding hydrogens is 1020 g/mol. The van der Waals surface area contributed by atoms with Gasteiger partial charge in [0.15, 0.2) is 0 Å². The van der Waals surface area contributed by atoms with Crippen LogP contribution in [0.25, 0.3) is 133 Å². The summed E-state index contributed by atoms with van der Waals surface area (Å²) in [6, 6.07) is 67.9. The third kappa shape index (κ3) is 7.71. The standard InChI is InChI=1S/C78H57N5O/c1-49-21-17-22-50(2)74(49)52-43-66-59-28-10-9-27-58(59)64-33-19-32-57(51-23-7-6-8-24-51)75(64)65-34-20-38-70(82-67-35-14-11-29-60(67)61-30-12-15-36-68(61)82)76(65)81-48-80(72(44-52)77(66)81)54-25-18-26-55(46-54)84-56-39-40-63-62-31-13-16-37-69(62)83(71(63)47-56)73-45-53(41-42-79-73)78(3,4)5/h6-47H,1-5H3/i1D3,2D3,6D,7D,8D,23D,24D. The summed E-state index contributed by atoms with van der Waals surface area (Å²) in [6.45, 7) is 1.04. The smallest absolute Gasteiger partial charge is 0.269 e. The number of aryl methyl sites for hydroxylation is 2. The molecule has 400 valence electrons. The van der Waals surface area contributed by atoms with E-state index in [0.717, 1.165) is 55.0 Å². The highest BCUT2D eigenvalue weighted by molar-refractivity contribution is 6.12. The van der Waals surface area contributed by atoms with Gasteiger partial charge in [0, 0.05) is 42.0 Å². The van der Waals surface area contributed by atoms with Crippen LogP contribution in [0, 0.1) is 20.0 Å². The van der Waals surface area contributed by atoms with Crippen LogP contribution < -0.4 is 9.30 Å². The summed E-state index contributed by atoms with van der Waals surface area (Å²) >= 11 is 0. The summed E-state index contributed by atoms with van der Waals surface area (Å²) < 4.78 is 115. The van der Waals surface area contributed by atoms with Crippen molar-refractivity contribution in [3.63, 3.8) is 0 Å². The molecule has 1 aliphatic rings. The third-order valence-electron chi connectivity index (χ3n) is 16.6. The van der Waals surface area contributed by atoms with E-state index in [-0.39, 0.29) is 39.8 Å². The second kappa shape index (κ2) is 19.0. The Hall–Kier alpha value is -10.6. The summed E-state index contributed by atoms with van der Waals surface area (Å²) in [5, 5.41) is 4.08. The molecular formula is C78H57N5O. The van der Waals surface area contributed by atoms with Gasteiger partial charge in [0.05, 0.1) is 57.0 Å². The molecule has 0 saturated carbocycles. The quantitative estimate of drug-likeness (QED) is 0.118. The van der Waals surface area contributed by atoms with Crippen LogP contribution in [0.4, 0.5) is 0 Å². The summed E-state index contributed by atoms with van der Waals surface area (Å²) in [5.41, 5.74) is 11.9. The molecule has 5 heterocycles. The molecule has 0 bridgehead atoms. The van der Waals surface area contributed by atoms with Gasteiger partial charge < -0.3 is 9.30 Å². The summed E-state index contributed by atoms with van der Waals surface area (Å²) in [5.74, 6) is 1.81. The highest BCUT2D eigenvalue weighted by atomic mass is 16.5. The predicted octanol–water partition coefficient (Wildman–Crippen LogP) is 19.7. The van der Waals surface area contributed by atoms with Gasteiger partial charge in [-0.25, -0.2) is 4.98 Å². The van der Waals surface area contributed by atoms with E-state index >= 15 is 0 Å². The molecule has 16 rings (SSSR count). The molecule has 0 amide bonds. The number of benzene rings is 11. The molecule has 6 nitrogen and oxygen atoms in total. The molecule has 15 aromatic rings. The fourth-order valence-electron chi connectivity index (χ4n) is 12.8. The van der Waals surface area contributed by atoms with Crippen LogP contribution in [0.5, 0.6) is 11.5 Å². The zero-order valence-corrected chi connectivity index (χ0v) is 46.0. The van der Waals surface area contributed by atoms with Gasteiger partial charge in [-0.05, 0) is 164 Å². The molecule has 0 aliphatic carbocycles. The number of fused-ring (bicyclic) bond motifs is 13. The fourth-order valence-corrected chi connectivity index (χ4v) is 12.8. The maximum atomic E-state index is 9.55. The first kappa shape index (κ1) is 39.0. The van der Waals surface area contributed by atoms with Crippen molar-refractivity contribution in [2.45, 2.75) is 39.9 Å². The van der Waals surface area contributed by atoms with Crippen LogP contribution in [-0.2, 0) is 5.41 Å². The van der Waals surface area contributed by atoms with Crippen LogP contribution in [0.3, 0.4) is 0 Å².